The summed E-state index contributed by atoms with van der Waals surface area (Å²) in [4.78, 5) is 0. The lowest BCUT2D eigenvalue weighted by Crippen LogP contribution is -1.84. The fourth-order valence-electron chi connectivity index (χ4n) is 1.56. The highest BCUT2D eigenvalue weighted by Gasteiger charge is 1.95. The Labute approximate surface area is 90.1 Å². The maximum absolute atomic E-state index is 2.34. The lowest BCUT2D eigenvalue weighted by atomic mass is 10.0. The third-order valence-corrected chi connectivity index (χ3v) is 2.53. The molecule has 0 amide bonds. The molecule has 0 aliphatic carbocycles. The van der Waals surface area contributed by atoms with Crippen LogP contribution in [-0.4, -0.2) is 0 Å². The number of hydrogen-bond acceptors (Lipinski definition) is 0. The van der Waals surface area contributed by atoms with Gasteiger partial charge in [-0.05, 0) is 46.5 Å². The SMILES string of the molecule is CC=C(CCC=C(C)C)CCCCC. The molecule has 0 heteroatoms. The van der Waals surface area contributed by atoms with E-state index in [0.717, 1.165) is 0 Å². The van der Waals surface area contributed by atoms with E-state index in [-0.39, 0.29) is 0 Å². The van der Waals surface area contributed by atoms with Gasteiger partial charge in [0, 0.05) is 0 Å². The Kier molecular flexibility index (Phi) is 8.72. The average Bonchev–Trinajstić information content (AvgIpc) is 2.15. The molecule has 0 aliphatic rings. The zero-order chi connectivity index (χ0) is 10.8. The van der Waals surface area contributed by atoms with E-state index < -0.39 is 0 Å². The molecule has 0 radical (unpaired) electrons. The summed E-state index contributed by atoms with van der Waals surface area (Å²) >= 11 is 0. The molecule has 0 aromatic carbocycles. The summed E-state index contributed by atoms with van der Waals surface area (Å²) < 4.78 is 0. The van der Waals surface area contributed by atoms with Crippen molar-refractivity contribution in [3.05, 3.63) is 23.3 Å². The number of allylic oxidation sites excluding steroid dienone is 4. The van der Waals surface area contributed by atoms with Crippen molar-refractivity contribution in [2.24, 2.45) is 0 Å². The fraction of sp³-hybridized carbons (Fsp3) is 0.714. The lowest BCUT2D eigenvalue weighted by molar-refractivity contribution is 0.695. The third kappa shape index (κ3) is 8.10. The van der Waals surface area contributed by atoms with Gasteiger partial charge < -0.3 is 0 Å². The maximum Gasteiger partial charge on any atom is -0.0286 e. The van der Waals surface area contributed by atoms with Crippen LogP contribution >= 0.6 is 0 Å². The van der Waals surface area contributed by atoms with Gasteiger partial charge in [0.05, 0.1) is 0 Å². The molecular weight excluding hydrogens is 168 g/mol. The Bertz CT molecular complexity index is 180. The third-order valence-electron chi connectivity index (χ3n) is 2.53. The molecule has 0 heterocycles. The monoisotopic (exact) mass is 194 g/mol. The number of unbranched alkanes of at least 4 members (excludes halogenated alkanes) is 2. The summed E-state index contributed by atoms with van der Waals surface area (Å²) in [6.07, 6.45) is 12.5. The molecule has 0 bridgehead atoms. The normalized spacial score (nSPS) is 11.6. The van der Waals surface area contributed by atoms with Gasteiger partial charge in [0.25, 0.3) is 0 Å². The molecule has 0 saturated heterocycles. The van der Waals surface area contributed by atoms with Gasteiger partial charge in [0.2, 0.25) is 0 Å². The summed E-state index contributed by atoms with van der Waals surface area (Å²) in [5, 5.41) is 0. The van der Waals surface area contributed by atoms with Gasteiger partial charge in [-0.25, -0.2) is 0 Å². The summed E-state index contributed by atoms with van der Waals surface area (Å²) in [5.74, 6) is 0. The number of hydrogen-bond donors (Lipinski definition) is 0. The van der Waals surface area contributed by atoms with E-state index in [4.69, 9.17) is 0 Å². The molecule has 0 N–H and O–H groups in total. The Morgan fingerprint density at radius 2 is 1.79 bits per heavy atom. The van der Waals surface area contributed by atoms with Crippen molar-refractivity contribution >= 4 is 0 Å². The van der Waals surface area contributed by atoms with Crippen LogP contribution in [0.25, 0.3) is 0 Å². The van der Waals surface area contributed by atoms with Crippen molar-refractivity contribution in [2.45, 2.75) is 66.2 Å². The van der Waals surface area contributed by atoms with Gasteiger partial charge >= 0.3 is 0 Å². The zero-order valence-electron chi connectivity index (χ0n) is 10.4. The van der Waals surface area contributed by atoms with Gasteiger partial charge in [-0.15, -0.1) is 0 Å². The van der Waals surface area contributed by atoms with E-state index in [0.29, 0.717) is 0 Å². The molecule has 0 aliphatic heterocycles. The van der Waals surface area contributed by atoms with Crippen molar-refractivity contribution in [1.82, 2.24) is 0 Å². The van der Waals surface area contributed by atoms with Crippen LogP contribution in [0.4, 0.5) is 0 Å². The van der Waals surface area contributed by atoms with Crippen LogP contribution < -0.4 is 0 Å². The first-order valence-corrected chi connectivity index (χ1v) is 5.98. The first kappa shape index (κ1) is 13.5. The van der Waals surface area contributed by atoms with Crippen molar-refractivity contribution < 1.29 is 0 Å². The first-order valence-electron chi connectivity index (χ1n) is 5.98. The quantitative estimate of drug-likeness (QED) is 0.383. The van der Waals surface area contributed by atoms with Gasteiger partial charge in [-0.3, -0.25) is 0 Å². The van der Waals surface area contributed by atoms with Crippen molar-refractivity contribution in [3.63, 3.8) is 0 Å². The molecular formula is C14H26. The second-order valence-corrected chi connectivity index (χ2v) is 4.22. The molecule has 0 unspecified atom stereocenters. The Morgan fingerprint density at radius 1 is 1.07 bits per heavy atom. The van der Waals surface area contributed by atoms with Crippen molar-refractivity contribution in [1.29, 1.82) is 0 Å². The van der Waals surface area contributed by atoms with E-state index in [1.165, 1.54) is 44.1 Å². The summed E-state index contributed by atoms with van der Waals surface area (Å²) in [6, 6.07) is 0. The van der Waals surface area contributed by atoms with E-state index >= 15 is 0 Å². The van der Waals surface area contributed by atoms with E-state index in [1.54, 1.807) is 5.57 Å². The Hall–Kier alpha value is -0.520. The van der Waals surface area contributed by atoms with Crippen LogP contribution in [0, 0.1) is 0 Å². The molecule has 0 atom stereocenters. The summed E-state index contributed by atoms with van der Waals surface area (Å²) in [6.45, 7) is 8.78. The molecule has 0 aromatic heterocycles. The van der Waals surface area contributed by atoms with E-state index in [9.17, 15) is 0 Å². The Balaban J connectivity index is 3.65. The zero-order valence-corrected chi connectivity index (χ0v) is 10.4. The van der Waals surface area contributed by atoms with Gasteiger partial charge in [-0.1, -0.05) is 43.1 Å². The summed E-state index contributed by atoms with van der Waals surface area (Å²) in [7, 11) is 0. The van der Waals surface area contributed by atoms with Crippen LogP contribution in [0.2, 0.25) is 0 Å². The molecule has 0 saturated carbocycles. The van der Waals surface area contributed by atoms with Gasteiger partial charge in [0.15, 0.2) is 0 Å². The molecule has 0 fully saturated rings. The smallest absolute Gasteiger partial charge is 0.0286 e. The topological polar surface area (TPSA) is 0 Å². The molecule has 0 spiro atoms. The molecule has 0 nitrogen and oxygen atoms in total. The second kappa shape index (κ2) is 9.05. The molecule has 0 aromatic rings. The van der Waals surface area contributed by atoms with Crippen molar-refractivity contribution in [2.75, 3.05) is 0 Å². The van der Waals surface area contributed by atoms with Crippen LogP contribution in [0.15, 0.2) is 23.3 Å². The lowest BCUT2D eigenvalue weighted by Gasteiger charge is -2.04. The largest absolute Gasteiger partial charge is 0.0884 e. The summed E-state index contributed by atoms with van der Waals surface area (Å²) in [5.41, 5.74) is 3.07. The number of rotatable bonds is 7. The van der Waals surface area contributed by atoms with Crippen LogP contribution in [-0.2, 0) is 0 Å². The van der Waals surface area contributed by atoms with Crippen molar-refractivity contribution in [3.8, 4) is 0 Å². The highest BCUT2D eigenvalue weighted by molar-refractivity contribution is 5.03. The van der Waals surface area contributed by atoms with Gasteiger partial charge in [-0.2, -0.15) is 0 Å². The molecule has 0 rings (SSSR count). The van der Waals surface area contributed by atoms with Gasteiger partial charge in [0.1, 0.15) is 0 Å². The Morgan fingerprint density at radius 3 is 2.29 bits per heavy atom. The first-order chi connectivity index (χ1) is 6.70. The second-order valence-electron chi connectivity index (χ2n) is 4.22. The van der Waals surface area contributed by atoms with Crippen LogP contribution in [0.1, 0.15) is 66.2 Å². The maximum atomic E-state index is 2.34. The standard InChI is InChI=1S/C14H26/c1-5-7-8-11-14(6-2)12-9-10-13(3)4/h6,10H,5,7-9,11-12H2,1-4H3. The highest BCUT2D eigenvalue weighted by atomic mass is 14.0. The minimum atomic E-state index is 1.22. The fourth-order valence-corrected chi connectivity index (χ4v) is 1.56. The molecule has 14 heavy (non-hydrogen) atoms. The van der Waals surface area contributed by atoms with E-state index in [2.05, 4.69) is 39.8 Å². The van der Waals surface area contributed by atoms with E-state index in [1.807, 2.05) is 0 Å². The van der Waals surface area contributed by atoms with Crippen LogP contribution in [0.5, 0.6) is 0 Å². The minimum absolute atomic E-state index is 1.22. The predicted octanol–water partition coefficient (Wildman–Crippen LogP) is 5.26. The average molecular weight is 194 g/mol. The predicted molar refractivity (Wildman–Crippen MR) is 66.6 cm³/mol. The molecule has 82 valence electrons. The van der Waals surface area contributed by atoms with Crippen LogP contribution in [0.3, 0.4) is 0 Å². The highest BCUT2D eigenvalue weighted by Crippen LogP contribution is 2.15. The minimum Gasteiger partial charge on any atom is -0.0884 e.